The highest BCUT2D eigenvalue weighted by Crippen LogP contribution is 2.13. The second-order valence-corrected chi connectivity index (χ2v) is 5.33. The Labute approximate surface area is 94.5 Å². The summed E-state index contributed by atoms with van der Waals surface area (Å²) < 4.78 is 12.0. The van der Waals surface area contributed by atoms with Gasteiger partial charge in [-0.15, -0.1) is 0 Å². The lowest BCUT2D eigenvalue weighted by Gasteiger charge is -2.10. The van der Waals surface area contributed by atoms with Crippen LogP contribution in [-0.2, 0) is 10.8 Å². The monoisotopic (exact) mass is 225 g/mol. The molecule has 2 unspecified atom stereocenters. The maximum Gasteiger partial charge on any atom is 0.0532 e. The van der Waals surface area contributed by atoms with E-state index in [1.165, 1.54) is 0 Å². The van der Waals surface area contributed by atoms with Gasteiger partial charge in [0.2, 0.25) is 0 Å². The largest absolute Gasteiger partial charge is 0.317 e. The summed E-state index contributed by atoms with van der Waals surface area (Å²) in [5.41, 5.74) is 1.12. The summed E-state index contributed by atoms with van der Waals surface area (Å²) in [5, 5.41) is 3.15. The molecule has 0 saturated carbocycles. The fourth-order valence-corrected chi connectivity index (χ4v) is 2.80. The van der Waals surface area contributed by atoms with E-state index >= 15 is 0 Å². The summed E-state index contributed by atoms with van der Waals surface area (Å²) >= 11 is 0. The summed E-state index contributed by atoms with van der Waals surface area (Å²) in [6, 6.07) is 8.32. The Morgan fingerprint density at radius 2 is 2.07 bits per heavy atom. The molecule has 0 radical (unpaired) electrons. The topological polar surface area (TPSA) is 29.1 Å². The summed E-state index contributed by atoms with van der Waals surface area (Å²) in [5.74, 6) is 0.729. The Bertz CT molecular complexity index is 338. The molecule has 1 aromatic carbocycles. The van der Waals surface area contributed by atoms with Crippen LogP contribution in [0.2, 0.25) is 0 Å². The maximum absolute atomic E-state index is 12.0. The average molecular weight is 225 g/mol. The molecule has 0 bridgehead atoms. The van der Waals surface area contributed by atoms with Crippen molar-refractivity contribution in [3.05, 3.63) is 29.8 Å². The van der Waals surface area contributed by atoms with Crippen molar-refractivity contribution >= 4 is 10.8 Å². The van der Waals surface area contributed by atoms with Crippen LogP contribution in [-0.4, -0.2) is 23.1 Å². The minimum Gasteiger partial charge on any atom is -0.317 e. The van der Waals surface area contributed by atoms with Crippen LogP contribution >= 0.6 is 0 Å². The van der Waals surface area contributed by atoms with Crippen LogP contribution in [0.4, 0.5) is 0 Å². The van der Waals surface area contributed by atoms with E-state index in [0.29, 0.717) is 6.04 Å². The third-order valence-electron chi connectivity index (χ3n) is 2.57. The summed E-state index contributed by atoms with van der Waals surface area (Å²) in [7, 11) is 1.07. The quantitative estimate of drug-likeness (QED) is 0.831. The second-order valence-electron chi connectivity index (χ2n) is 3.79. The zero-order chi connectivity index (χ0) is 11.3. The molecule has 0 aliphatic heterocycles. The number of benzene rings is 1. The van der Waals surface area contributed by atoms with Gasteiger partial charge in [-0.05, 0) is 38.9 Å². The molecular weight excluding hydrogens is 206 g/mol. The highest BCUT2D eigenvalue weighted by molar-refractivity contribution is 7.85. The Morgan fingerprint density at radius 3 is 2.67 bits per heavy atom. The minimum absolute atomic E-state index is 0.429. The second kappa shape index (κ2) is 6.03. The van der Waals surface area contributed by atoms with Gasteiger partial charge in [0.25, 0.3) is 0 Å². The van der Waals surface area contributed by atoms with Crippen LogP contribution in [0.5, 0.6) is 0 Å². The van der Waals surface area contributed by atoms with E-state index in [-0.39, 0.29) is 0 Å². The van der Waals surface area contributed by atoms with Crippen molar-refractivity contribution in [3.8, 4) is 0 Å². The van der Waals surface area contributed by atoms with Gasteiger partial charge in [-0.25, -0.2) is 0 Å². The number of rotatable bonds is 5. The van der Waals surface area contributed by atoms with Crippen LogP contribution in [0.25, 0.3) is 0 Å². The van der Waals surface area contributed by atoms with Gasteiger partial charge in [-0.3, -0.25) is 4.21 Å². The zero-order valence-corrected chi connectivity index (χ0v) is 10.4. The first-order valence-electron chi connectivity index (χ1n) is 5.26. The number of hydrogen-bond donors (Lipinski definition) is 1. The first-order valence-corrected chi connectivity index (χ1v) is 6.58. The molecule has 0 heterocycles. The van der Waals surface area contributed by atoms with Crippen molar-refractivity contribution in [1.82, 2.24) is 5.32 Å². The lowest BCUT2D eigenvalue weighted by molar-refractivity contribution is 0.591. The van der Waals surface area contributed by atoms with Crippen molar-refractivity contribution in [1.29, 1.82) is 0 Å². The lowest BCUT2D eigenvalue weighted by atomic mass is 10.2. The average Bonchev–Trinajstić information content (AvgIpc) is 2.26. The van der Waals surface area contributed by atoms with E-state index in [4.69, 9.17) is 0 Å². The molecule has 2 nitrogen and oxygen atoms in total. The predicted molar refractivity (Wildman–Crippen MR) is 65.6 cm³/mol. The molecule has 0 spiro atoms. The van der Waals surface area contributed by atoms with Crippen molar-refractivity contribution in [2.45, 2.75) is 31.2 Å². The van der Waals surface area contributed by atoms with Gasteiger partial charge in [0, 0.05) is 16.7 Å². The molecule has 0 aliphatic rings. The van der Waals surface area contributed by atoms with Crippen LogP contribution in [0.15, 0.2) is 29.2 Å². The Kier molecular flexibility index (Phi) is 4.99. The lowest BCUT2D eigenvalue weighted by Crippen LogP contribution is -2.23. The molecule has 0 aromatic heterocycles. The predicted octanol–water partition coefficient (Wildman–Crippen LogP) is 2.10. The van der Waals surface area contributed by atoms with Crippen molar-refractivity contribution in [2.24, 2.45) is 0 Å². The fourth-order valence-electron chi connectivity index (χ4n) is 1.35. The first kappa shape index (κ1) is 12.4. The smallest absolute Gasteiger partial charge is 0.0532 e. The molecule has 0 aliphatic carbocycles. The number of aryl methyl sites for hydroxylation is 1. The standard InChI is InChI=1S/C12H19NOS/c1-10-6-4-5-7-12(10)15(14)9-8-11(2)13-3/h4-7,11,13H,8-9H2,1-3H3. The Morgan fingerprint density at radius 1 is 1.40 bits per heavy atom. The first-order chi connectivity index (χ1) is 7.15. The molecule has 0 saturated heterocycles. The Balaban J connectivity index is 2.58. The number of nitrogens with one attached hydrogen (secondary N) is 1. The molecule has 0 amide bonds. The summed E-state index contributed by atoms with van der Waals surface area (Å²) in [6.07, 6.45) is 0.942. The van der Waals surface area contributed by atoms with Gasteiger partial charge >= 0.3 is 0 Å². The molecule has 3 heteroatoms. The van der Waals surface area contributed by atoms with Gasteiger partial charge < -0.3 is 5.32 Å². The van der Waals surface area contributed by atoms with Crippen molar-refractivity contribution in [3.63, 3.8) is 0 Å². The highest BCUT2D eigenvalue weighted by Gasteiger charge is 2.07. The molecule has 2 atom stereocenters. The molecular formula is C12H19NOS. The van der Waals surface area contributed by atoms with Crippen molar-refractivity contribution in [2.75, 3.05) is 12.8 Å². The molecule has 1 rings (SSSR count). The zero-order valence-electron chi connectivity index (χ0n) is 9.62. The van der Waals surface area contributed by atoms with Gasteiger partial charge in [0.15, 0.2) is 0 Å². The van der Waals surface area contributed by atoms with E-state index < -0.39 is 10.8 Å². The molecule has 1 N–H and O–H groups in total. The summed E-state index contributed by atoms with van der Waals surface area (Å²) in [4.78, 5) is 0.973. The van der Waals surface area contributed by atoms with Crippen LogP contribution < -0.4 is 5.32 Å². The van der Waals surface area contributed by atoms with Crippen molar-refractivity contribution < 1.29 is 4.21 Å². The molecule has 15 heavy (non-hydrogen) atoms. The molecule has 84 valence electrons. The van der Waals surface area contributed by atoms with E-state index in [1.807, 2.05) is 38.2 Å². The van der Waals surface area contributed by atoms with Gasteiger partial charge in [-0.2, -0.15) is 0 Å². The van der Waals surface area contributed by atoms with E-state index in [9.17, 15) is 4.21 Å². The third kappa shape index (κ3) is 3.76. The van der Waals surface area contributed by atoms with Crippen LogP contribution in [0, 0.1) is 6.92 Å². The maximum atomic E-state index is 12.0. The van der Waals surface area contributed by atoms with Gasteiger partial charge in [0.1, 0.15) is 0 Å². The van der Waals surface area contributed by atoms with E-state index in [2.05, 4.69) is 12.2 Å². The highest BCUT2D eigenvalue weighted by atomic mass is 32.2. The molecule has 0 fully saturated rings. The van der Waals surface area contributed by atoms with E-state index in [0.717, 1.165) is 22.6 Å². The SMILES string of the molecule is CNC(C)CCS(=O)c1ccccc1C. The van der Waals surface area contributed by atoms with Gasteiger partial charge in [-0.1, -0.05) is 18.2 Å². The van der Waals surface area contributed by atoms with Crippen LogP contribution in [0.1, 0.15) is 18.9 Å². The third-order valence-corrected chi connectivity index (χ3v) is 4.12. The van der Waals surface area contributed by atoms with E-state index in [1.54, 1.807) is 0 Å². The fraction of sp³-hybridized carbons (Fsp3) is 0.500. The Hall–Kier alpha value is -0.670. The normalized spacial score (nSPS) is 14.9. The minimum atomic E-state index is -0.857. The summed E-state index contributed by atoms with van der Waals surface area (Å²) in [6.45, 7) is 4.11. The molecule has 1 aromatic rings. The number of hydrogen-bond acceptors (Lipinski definition) is 2. The van der Waals surface area contributed by atoms with Gasteiger partial charge in [0.05, 0.1) is 10.8 Å². The van der Waals surface area contributed by atoms with Crippen LogP contribution in [0.3, 0.4) is 0 Å².